The number of aromatic nitrogens is 1. The zero-order valence-electron chi connectivity index (χ0n) is 7.12. The Labute approximate surface area is 80.5 Å². The minimum atomic E-state index is -0.163. The molecule has 0 fully saturated rings. The van der Waals surface area contributed by atoms with Gasteiger partial charge in [-0.1, -0.05) is 16.8 Å². The molecule has 0 spiro atoms. The van der Waals surface area contributed by atoms with Gasteiger partial charge < -0.3 is 10.3 Å². The van der Waals surface area contributed by atoms with Crippen LogP contribution in [0.25, 0.3) is 10.9 Å². The van der Waals surface area contributed by atoms with Crippen LogP contribution < -0.4 is 5.73 Å². The molecule has 2 rings (SSSR count). The van der Waals surface area contributed by atoms with E-state index in [0.29, 0.717) is 10.8 Å². The Morgan fingerprint density at radius 3 is 3.00 bits per heavy atom. The molecular weight excluding hydrogens is 188 g/mol. The van der Waals surface area contributed by atoms with Gasteiger partial charge in [0, 0.05) is 10.4 Å². The third kappa shape index (κ3) is 1.41. The third-order valence-corrected chi connectivity index (χ3v) is 2.12. The van der Waals surface area contributed by atoms with Crippen LogP contribution in [0.15, 0.2) is 22.7 Å². The Kier molecular flexibility index (Phi) is 1.98. The Bertz CT molecular complexity index is 436. The Balaban J connectivity index is 2.71. The molecule has 0 aliphatic heterocycles. The van der Waals surface area contributed by atoms with Crippen molar-refractivity contribution in [1.82, 2.24) is 5.16 Å². The summed E-state index contributed by atoms with van der Waals surface area (Å²) in [7, 11) is 0. The van der Waals surface area contributed by atoms with Gasteiger partial charge in [-0.3, -0.25) is 0 Å². The predicted molar refractivity (Wildman–Crippen MR) is 51.6 cm³/mol. The number of nitrogens with two attached hydrogens (primary N) is 1. The molecule has 1 heterocycles. The summed E-state index contributed by atoms with van der Waals surface area (Å²) in [5.41, 5.74) is 6.49. The molecule has 2 N–H and O–H groups in total. The van der Waals surface area contributed by atoms with Gasteiger partial charge in [-0.2, -0.15) is 0 Å². The van der Waals surface area contributed by atoms with E-state index in [-0.39, 0.29) is 6.04 Å². The fraction of sp³-hybridized carbons (Fsp3) is 0.222. The zero-order chi connectivity index (χ0) is 9.42. The predicted octanol–water partition coefficient (Wildman–Crippen LogP) is 2.50. The van der Waals surface area contributed by atoms with E-state index in [2.05, 4.69) is 5.16 Å². The van der Waals surface area contributed by atoms with Crippen LogP contribution in [0.2, 0.25) is 5.02 Å². The Hall–Kier alpha value is -1.06. The number of fused-ring (bicyclic) bond motifs is 1. The van der Waals surface area contributed by atoms with Gasteiger partial charge in [-0.05, 0) is 25.1 Å². The molecule has 1 unspecified atom stereocenters. The first-order valence-electron chi connectivity index (χ1n) is 3.99. The molecule has 4 heteroatoms. The van der Waals surface area contributed by atoms with Crippen molar-refractivity contribution in [2.45, 2.75) is 13.0 Å². The van der Waals surface area contributed by atoms with Crippen molar-refractivity contribution >= 4 is 22.5 Å². The van der Waals surface area contributed by atoms with E-state index in [1.54, 1.807) is 6.07 Å². The molecule has 1 atom stereocenters. The number of benzene rings is 1. The topological polar surface area (TPSA) is 52.0 Å². The van der Waals surface area contributed by atoms with E-state index in [9.17, 15) is 0 Å². The molecule has 3 nitrogen and oxygen atoms in total. The SMILES string of the molecule is CC(N)c1onc2ccc(Cl)cc12. The molecule has 0 bridgehead atoms. The summed E-state index contributed by atoms with van der Waals surface area (Å²) < 4.78 is 5.10. The van der Waals surface area contributed by atoms with E-state index in [0.717, 1.165) is 10.9 Å². The van der Waals surface area contributed by atoms with Crippen LogP contribution in [0.3, 0.4) is 0 Å². The molecule has 0 radical (unpaired) electrons. The van der Waals surface area contributed by atoms with Crippen LogP contribution in [0.4, 0.5) is 0 Å². The highest BCUT2D eigenvalue weighted by molar-refractivity contribution is 6.31. The van der Waals surface area contributed by atoms with E-state index >= 15 is 0 Å². The monoisotopic (exact) mass is 196 g/mol. The largest absolute Gasteiger partial charge is 0.358 e. The number of hydrogen-bond donors (Lipinski definition) is 1. The molecule has 0 saturated carbocycles. The van der Waals surface area contributed by atoms with Crippen molar-refractivity contribution in [3.63, 3.8) is 0 Å². The van der Waals surface area contributed by atoms with Crippen molar-refractivity contribution in [3.8, 4) is 0 Å². The maximum atomic E-state index is 5.84. The van der Waals surface area contributed by atoms with Gasteiger partial charge in [0.15, 0.2) is 5.76 Å². The molecule has 1 aromatic heterocycles. The minimum Gasteiger partial charge on any atom is -0.358 e. The van der Waals surface area contributed by atoms with Gasteiger partial charge in [-0.25, -0.2) is 0 Å². The van der Waals surface area contributed by atoms with E-state index in [4.69, 9.17) is 21.9 Å². The summed E-state index contributed by atoms with van der Waals surface area (Å²) >= 11 is 5.84. The molecule has 0 amide bonds. The maximum Gasteiger partial charge on any atom is 0.160 e. The van der Waals surface area contributed by atoms with Gasteiger partial charge in [0.2, 0.25) is 0 Å². The first-order valence-corrected chi connectivity index (χ1v) is 4.36. The average Bonchev–Trinajstić information content (AvgIpc) is 2.46. The lowest BCUT2D eigenvalue weighted by Crippen LogP contribution is -2.03. The Morgan fingerprint density at radius 2 is 2.31 bits per heavy atom. The quantitative estimate of drug-likeness (QED) is 0.763. The number of nitrogens with zero attached hydrogens (tertiary/aromatic N) is 1. The van der Waals surface area contributed by atoms with Gasteiger partial charge >= 0.3 is 0 Å². The normalized spacial score (nSPS) is 13.5. The Morgan fingerprint density at radius 1 is 1.54 bits per heavy atom. The van der Waals surface area contributed by atoms with Crippen LogP contribution in [0, 0.1) is 0 Å². The number of rotatable bonds is 1. The lowest BCUT2D eigenvalue weighted by atomic mass is 10.1. The maximum absolute atomic E-state index is 5.84. The van der Waals surface area contributed by atoms with Crippen LogP contribution in [-0.2, 0) is 0 Å². The highest BCUT2D eigenvalue weighted by Crippen LogP contribution is 2.25. The molecule has 68 valence electrons. The van der Waals surface area contributed by atoms with Crippen LogP contribution in [0.1, 0.15) is 18.7 Å². The zero-order valence-corrected chi connectivity index (χ0v) is 7.88. The second-order valence-electron chi connectivity index (χ2n) is 3.00. The van der Waals surface area contributed by atoms with Crippen LogP contribution in [0.5, 0.6) is 0 Å². The van der Waals surface area contributed by atoms with Gasteiger partial charge in [-0.15, -0.1) is 0 Å². The lowest BCUT2D eigenvalue weighted by molar-refractivity contribution is 0.375. The van der Waals surface area contributed by atoms with Crippen molar-refractivity contribution in [2.24, 2.45) is 5.73 Å². The highest BCUT2D eigenvalue weighted by atomic mass is 35.5. The number of hydrogen-bond acceptors (Lipinski definition) is 3. The summed E-state index contributed by atoms with van der Waals surface area (Å²) in [4.78, 5) is 0. The van der Waals surface area contributed by atoms with Gasteiger partial charge in [0.1, 0.15) is 5.52 Å². The van der Waals surface area contributed by atoms with Crippen LogP contribution in [-0.4, -0.2) is 5.16 Å². The summed E-state index contributed by atoms with van der Waals surface area (Å²) in [5, 5.41) is 5.42. The van der Waals surface area contributed by atoms with E-state index < -0.39 is 0 Å². The lowest BCUT2D eigenvalue weighted by Gasteiger charge is -1.98. The fourth-order valence-electron chi connectivity index (χ4n) is 1.26. The fourth-order valence-corrected chi connectivity index (χ4v) is 1.43. The van der Waals surface area contributed by atoms with Crippen molar-refractivity contribution < 1.29 is 4.52 Å². The summed E-state index contributed by atoms with van der Waals surface area (Å²) in [5.74, 6) is 0.678. The molecular formula is C9H9ClN2O. The molecule has 0 aliphatic rings. The number of halogens is 1. The van der Waals surface area contributed by atoms with E-state index in [1.165, 1.54) is 0 Å². The molecule has 0 saturated heterocycles. The molecule has 13 heavy (non-hydrogen) atoms. The second-order valence-corrected chi connectivity index (χ2v) is 3.43. The standard InChI is InChI=1S/C9H9ClN2O/c1-5(11)9-7-4-6(10)2-3-8(7)12-13-9/h2-5H,11H2,1H3. The van der Waals surface area contributed by atoms with Crippen molar-refractivity contribution in [1.29, 1.82) is 0 Å². The van der Waals surface area contributed by atoms with Crippen molar-refractivity contribution in [2.75, 3.05) is 0 Å². The highest BCUT2D eigenvalue weighted by Gasteiger charge is 2.11. The first kappa shape index (κ1) is 8.53. The smallest absolute Gasteiger partial charge is 0.160 e. The summed E-state index contributed by atoms with van der Waals surface area (Å²) in [6, 6.07) is 5.24. The van der Waals surface area contributed by atoms with Crippen LogP contribution >= 0.6 is 11.6 Å². The molecule has 2 aromatic rings. The first-order chi connectivity index (χ1) is 6.18. The molecule has 1 aromatic carbocycles. The molecule has 0 aliphatic carbocycles. The van der Waals surface area contributed by atoms with Crippen molar-refractivity contribution in [3.05, 3.63) is 29.0 Å². The average molecular weight is 197 g/mol. The van der Waals surface area contributed by atoms with E-state index in [1.807, 2.05) is 19.1 Å². The third-order valence-electron chi connectivity index (χ3n) is 1.88. The summed E-state index contributed by atoms with van der Waals surface area (Å²) in [6.45, 7) is 1.85. The summed E-state index contributed by atoms with van der Waals surface area (Å²) in [6.07, 6.45) is 0. The van der Waals surface area contributed by atoms with Gasteiger partial charge in [0.25, 0.3) is 0 Å². The second kappa shape index (κ2) is 3.01. The minimum absolute atomic E-state index is 0.163. The van der Waals surface area contributed by atoms with Gasteiger partial charge in [0.05, 0.1) is 6.04 Å².